The molecule has 1 atom stereocenters. The Morgan fingerprint density at radius 3 is 2.13 bits per heavy atom. The quantitative estimate of drug-likeness (QED) is 0.742. The van der Waals surface area contributed by atoms with Gasteiger partial charge in [0.2, 0.25) is 11.8 Å². The second kappa shape index (κ2) is 7.41. The van der Waals surface area contributed by atoms with E-state index in [2.05, 4.69) is 10.1 Å². The predicted molar refractivity (Wildman–Crippen MR) is 107 cm³/mol. The summed E-state index contributed by atoms with van der Waals surface area (Å²) in [5.74, 6) is 1.50. The molecule has 1 saturated heterocycles. The Hall–Kier alpha value is -2.25. The Bertz CT molecular complexity index is 833. The molecule has 0 radical (unpaired) electrons. The number of carbonyl (C=O) groups is 2. The van der Waals surface area contributed by atoms with Crippen LogP contribution in [0.25, 0.3) is 0 Å². The van der Waals surface area contributed by atoms with E-state index in [-0.39, 0.29) is 23.0 Å². The molecule has 1 aromatic rings. The summed E-state index contributed by atoms with van der Waals surface area (Å²) in [5.41, 5.74) is 0.0995. The molecule has 31 heavy (non-hydrogen) atoms. The smallest absolute Gasteiger partial charge is 0.406 e. The Kier molecular flexibility index (Phi) is 4.94. The highest BCUT2D eigenvalue weighted by atomic mass is 19.4. The molecule has 4 aliphatic carbocycles. The minimum atomic E-state index is -4.76. The Morgan fingerprint density at radius 1 is 1.00 bits per heavy atom. The van der Waals surface area contributed by atoms with Crippen molar-refractivity contribution in [3.63, 3.8) is 0 Å². The maximum Gasteiger partial charge on any atom is 0.573 e. The van der Waals surface area contributed by atoms with E-state index in [1.54, 1.807) is 4.90 Å². The number of ether oxygens (including phenoxy) is 1. The predicted octanol–water partition coefficient (Wildman–Crippen LogP) is 4.73. The average molecular weight is 436 g/mol. The number of anilines is 1. The second-order valence-electron chi connectivity index (χ2n) is 9.92. The van der Waals surface area contributed by atoms with E-state index in [1.165, 1.54) is 31.4 Å². The van der Waals surface area contributed by atoms with E-state index in [4.69, 9.17) is 0 Å². The lowest BCUT2D eigenvalue weighted by Gasteiger charge is -2.56. The molecule has 6 rings (SSSR count). The lowest BCUT2D eigenvalue weighted by atomic mass is 9.49. The first-order chi connectivity index (χ1) is 14.7. The van der Waals surface area contributed by atoms with Crippen LogP contribution >= 0.6 is 0 Å². The summed E-state index contributed by atoms with van der Waals surface area (Å²) in [6.07, 6.45) is 3.29. The van der Waals surface area contributed by atoms with Gasteiger partial charge in [0.25, 0.3) is 0 Å². The molecule has 0 aromatic heterocycles. The van der Waals surface area contributed by atoms with Gasteiger partial charge in [-0.3, -0.25) is 9.59 Å². The van der Waals surface area contributed by atoms with Crippen molar-refractivity contribution >= 4 is 17.5 Å². The highest BCUT2D eigenvalue weighted by Gasteiger charge is 2.56. The van der Waals surface area contributed by atoms with Crippen LogP contribution in [0, 0.1) is 23.2 Å². The molecule has 4 saturated carbocycles. The fourth-order valence-corrected chi connectivity index (χ4v) is 6.93. The third-order valence-electron chi connectivity index (χ3n) is 7.66. The van der Waals surface area contributed by atoms with Crippen molar-refractivity contribution < 1.29 is 27.5 Å². The molecular weight excluding hydrogens is 409 g/mol. The number of alkyl halides is 3. The van der Waals surface area contributed by atoms with Crippen LogP contribution in [-0.4, -0.2) is 35.7 Å². The van der Waals surface area contributed by atoms with Gasteiger partial charge in [-0.2, -0.15) is 0 Å². The maximum atomic E-state index is 13.7. The monoisotopic (exact) mass is 436 g/mol. The molecule has 1 N–H and O–H groups in total. The minimum absolute atomic E-state index is 0.151. The van der Waals surface area contributed by atoms with Crippen molar-refractivity contribution in [1.82, 2.24) is 4.90 Å². The summed E-state index contributed by atoms with van der Waals surface area (Å²) in [6.45, 7) is 0.594. The largest absolute Gasteiger partial charge is 0.573 e. The van der Waals surface area contributed by atoms with E-state index in [0.717, 1.165) is 37.8 Å². The molecular formula is C23H27F3N2O3. The highest BCUT2D eigenvalue weighted by Crippen LogP contribution is 2.60. The Morgan fingerprint density at radius 2 is 1.58 bits per heavy atom. The summed E-state index contributed by atoms with van der Waals surface area (Å²) in [4.78, 5) is 28.4. The van der Waals surface area contributed by atoms with Crippen LogP contribution < -0.4 is 10.1 Å². The third kappa shape index (κ3) is 4.01. The number of benzene rings is 1. The fraction of sp³-hybridized carbons (Fsp3) is 0.652. The summed E-state index contributed by atoms with van der Waals surface area (Å²) in [6, 6.07) is 4.55. The molecule has 0 unspecified atom stereocenters. The Balaban J connectivity index is 1.26. The third-order valence-corrected chi connectivity index (χ3v) is 7.66. The normalized spacial score (nSPS) is 34.1. The van der Waals surface area contributed by atoms with Gasteiger partial charge in [0.15, 0.2) is 0 Å². The number of likely N-dealkylation sites (tertiary alicyclic amines) is 1. The van der Waals surface area contributed by atoms with Crippen molar-refractivity contribution in [2.45, 2.75) is 63.8 Å². The topological polar surface area (TPSA) is 58.6 Å². The first-order valence-corrected chi connectivity index (χ1v) is 11.2. The summed E-state index contributed by atoms with van der Waals surface area (Å²) >= 11 is 0. The summed E-state index contributed by atoms with van der Waals surface area (Å²) in [5, 5.41) is 2.76. The first-order valence-electron chi connectivity index (χ1n) is 11.2. The van der Waals surface area contributed by atoms with E-state index < -0.39 is 12.4 Å². The standard InChI is InChI=1S/C23H27F3N2O3/c24-23(25,26)31-18-5-3-17(4-6-18)27-20(29)19-2-1-7-28(19)21(30)22-11-14-8-15(12-22)10-16(9-14)13-22/h3-6,14-16,19H,1-2,7-13H2,(H,27,29)/t14?,15?,16?,19-,22?/m1/s1. The van der Waals surface area contributed by atoms with Crippen LogP contribution in [0.1, 0.15) is 51.4 Å². The number of halogens is 3. The minimum Gasteiger partial charge on any atom is -0.406 e. The van der Waals surface area contributed by atoms with Gasteiger partial charge in [-0.1, -0.05) is 0 Å². The lowest BCUT2D eigenvalue weighted by molar-refractivity contribution is -0.274. The van der Waals surface area contributed by atoms with Crippen molar-refractivity contribution in [2.24, 2.45) is 23.2 Å². The number of nitrogens with one attached hydrogen (secondary N) is 1. The molecule has 1 aliphatic heterocycles. The highest BCUT2D eigenvalue weighted by molar-refractivity contribution is 5.98. The molecule has 1 aromatic carbocycles. The first kappa shape index (κ1) is 20.6. The number of rotatable bonds is 4. The van der Waals surface area contributed by atoms with Gasteiger partial charge < -0.3 is 15.0 Å². The van der Waals surface area contributed by atoms with E-state index >= 15 is 0 Å². The molecule has 2 amide bonds. The average Bonchev–Trinajstić information content (AvgIpc) is 3.16. The van der Waals surface area contributed by atoms with Crippen LogP contribution in [-0.2, 0) is 9.59 Å². The van der Waals surface area contributed by atoms with Crippen LogP contribution in [0.4, 0.5) is 18.9 Å². The van der Waals surface area contributed by atoms with E-state index in [1.807, 2.05) is 0 Å². The SMILES string of the molecule is O=C(Nc1ccc(OC(F)(F)F)cc1)[C@H]1CCCN1C(=O)C12CC3CC(CC(C3)C1)C2. The van der Waals surface area contributed by atoms with Crippen LogP contribution in [0.15, 0.2) is 24.3 Å². The van der Waals surface area contributed by atoms with Gasteiger partial charge in [-0.25, -0.2) is 0 Å². The van der Waals surface area contributed by atoms with Crippen LogP contribution in [0.5, 0.6) is 5.75 Å². The zero-order valence-electron chi connectivity index (χ0n) is 17.3. The molecule has 5 fully saturated rings. The number of nitrogens with zero attached hydrogens (tertiary/aromatic N) is 1. The van der Waals surface area contributed by atoms with Crippen molar-refractivity contribution in [2.75, 3.05) is 11.9 Å². The van der Waals surface area contributed by atoms with Crippen molar-refractivity contribution in [1.29, 1.82) is 0 Å². The molecule has 5 nitrogen and oxygen atoms in total. The van der Waals surface area contributed by atoms with Gasteiger partial charge in [0.1, 0.15) is 11.8 Å². The molecule has 1 heterocycles. The second-order valence-corrected chi connectivity index (χ2v) is 9.92. The van der Waals surface area contributed by atoms with Gasteiger partial charge in [0.05, 0.1) is 5.41 Å². The number of hydrogen-bond donors (Lipinski definition) is 1. The molecule has 4 bridgehead atoms. The molecule has 168 valence electrons. The van der Waals surface area contributed by atoms with Crippen LogP contribution in [0.3, 0.4) is 0 Å². The Labute approximate surface area is 179 Å². The molecule has 5 aliphatic rings. The molecule has 0 spiro atoms. The van der Waals surface area contributed by atoms with Gasteiger partial charge in [0, 0.05) is 12.2 Å². The zero-order chi connectivity index (χ0) is 21.8. The lowest BCUT2D eigenvalue weighted by Crippen LogP contribution is -2.56. The van der Waals surface area contributed by atoms with Crippen molar-refractivity contribution in [3.8, 4) is 5.75 Å². The van der Waals surface area contributed by atoms with Gasteiger partial charge in [-0.05, 0) is 93.4 Å². The van der Waals surface area contributed by atoms with Gasteiger partial charge >= 0.3 is 6.36 Å². The summed E-state index contributed by atoms with van der Waals surface area (Å²) in [7, 11) is 0. The summed E-state index contributed by atoms with van der Waals surface area (Å²) < 4.78 is 40.8. The van der Waals surface area contributed by atoms with Gasteiger partial charge in [-0.15, -0.1) is 13.2 Å². The number of amides is 2. The molecule has 8 heteroatoms. The number of hydrogen-bond acceptors (Lipinski definition) is 3. The van der Waals surface area contributed by atoms with Crippen molar-refractivity contribution in [3.05, 3.63) is 24.3 Å². The fourth-order valence-electron chi connectivity index (χ4n) is 6.93. The van der Waals surface area contributed by atoms with E-state index in [9.17, 15) is 22.8 Å². The van der Waals surface area contributed by atoms with Crippen LogP contribution in [0.2, 0.25) is 0 Å². The zero-order valence-corrected chi connectivity index (χ0v) is 17.3. The maximum absolute atomic E-state index is 13.7. The number of carbonyl (C=O) groups excluding carboxylic acids is 2. The van der Waals surface area contributed by atoms with E-state index in [0.29, 0.717) is 36.4 Å².